The summed E-state index contributed by atoms with van der Waals surface area (Å²) >= 11 is 0. The minimum absolute atomic E-state index is 0. The van der Waals surface area contributed by atoms with Crippen LogP contribution in [-0.2, 0) is 6.54 Å². The van der Waals surface area contributed by atoms with Gasteiger partial charge in [0.2, 0.25) is 5.78 Å². The van der Waals surface area contributed by atoms with E-state index in [4.69, 9.17) is 4.98 Å². The van der Waals surface area contributed by atoms with Crippen LogP contribution in [0.15, 0.2) is 60.8 Å². The van der Waals surface area contributed by atoms with Crippen molar-refractivity contribution >= 4 is 41.6 Å². The number of hydrogen-bond donors (Lipinski definition) is 1. The number of nitrogens with zero attached hydrogens (tertiary/aromatic N) is 3. The van der Waals surface area contributed by atoms with E-state index in [1.165, 1.54) is 11.3 Å². The number of halogens is 2. The molecule has 1 N–H and O–H groups in total. The van der Waals surface area contributed by atoms with Gasteiger partial charge >= 0.3 is 0 Å². The fraction of sp³-hybridized carbons (Fsp3) is 0.286. The molecular formula is C21H26Cl2N4. The molecule has 27 heavy (non-hydrogen) atoms. The average Bonchev–Trinajstić information content (AvgIpc) is 3.11. The summed E-state index contributed by atoms with van der Waals surface area (Å²) in [4.78, 5) is 4.87. The Kier molecular flexibility index (Phi) is 6.58. The molecule has 2 heterocycles. The van der Waals surface area contributed by atoms with Crippen LogP contribution in [0.5, 0.6) is 0 Å². The minimum atomic E-state index is 0. The van der Waals surface area contributed by atoms with Crippen molar-refractivity contribution in [3.63, 3.8) is 0 Å². The lowest BCUT2D eigenvalue weighted by atomic mass is 10.1. The Labute approximate surface area is 172 Å². The van der Waals surface area contributed by atoms with Crippen LogP contribution in [0, 0.1) is 0 Å². The maximum Gasteiger partial charge on any atom is 0.215 e. The van der Waals surface area contributed by atoms with Crippen LogP contribution >= 0.6 is 24.8 Å². The Balaban J connectivity index is 0.00000131. The van der Waals surface area contributed by atoms with Crippen LogP contribution in [0.3, 0.4) is 0 Å². The molecule has 0 atom stereocenters. The Bertz CT molecular complexity index is 1010. The summed E-state index contributed by atoms with van der Waals surface area (Å²) in [5.41, 5.74) is 4.71. The second-order valence-electron chi connectivity index (χ2n) is 7.48. The second kappa shape index (κ2) is 8.34. The van der Waals surface area contributed by atoms with E-state index >= 15 is 0 Å². The molecule has 4 aromatic rings. The Hall–Kier alpha value is -2.01. The lowest BCUT2D eigenvalue weighted by Crippen LogP contribution is -2.37. The van der Waals surface area contributed by atoms with E-state index in [9.17, 15) is 0 Å². The molecule has 6 heteroatoms. The largest absolute Gasteiger partial charge is 0.310 e. The Morgan fingerprint density at radius 3 is 2.30 bits per heavy atom. The molecule has 0 aliphatic rings. The van der Waals surface area contributed by atoms with Gasteiger partial charge in [-0.3, -0.25) is 4.40 Å². The summed E-state index contributed by atoms with van der Waals surface area (Å²) < 4.78 is 4.52. The van der Waals surface area contributed by atoms with Crippen molar-refractivity contribution in [1.82, 2.24) is 19.3 Å². The predicted molar refractivity (Wildman–Crippen MR) is 118 cm³/mol. The molecule has 0 unspecified atom stereocenters. The lowest BCUT2D eigenvalue weighted by Gasteiger charge is -2.21. The van der Waals surface area contributed by atoms with Crippen molar-refractivity contribution in [3.8, 4) is 11.3 Å². The van der Waals surface area contributed by atoms with Crippen molar-refractivity contribution in [1.29, 1.82) is 0 Å². The van der Waals surface area contributed by atoms with Crippen LogP contribution in [0.2, 0.25) is 0 Å². The van der Waals surface area contributed by atoms with E-state index in [1.54, 1.807) is 0 Å². The van der Waals surface area contributed by atoms with Crippen LogP contribution in [0.4, 0.5) is 0 Å². The highest BCUT2D eigenvalue weighted by Crippen LogP contribution is 2.26. The number of nitrogens with one attached hydrogen (secondary N) is 1. The molecule has 0 spiro atoms. The number of para-hydroxylation sites is 2. The third kappa shape index (κ3) is 4.29. The first-order valence-electron chi connectivity index (χ1n) is 8.80. The van der Waals surface area contributed by atoms with Gasteiger partial charge in [0.25, 0.3) is 0 Å². The van der Waals surface area contributed by atoms with Crippen molar-refractivity contribution in [3.05, 3.63) is 60.8 Å². The number of aromatic nitrogens is 3. The first kappa shape index (κ1) is 21.3. The molecule has 0 aliphatic carbocycles. The van der Waals surface area contributed by atoms with Gasteiger partial charge in [-0.1, -0.05) is 42.5 Å². The van der Waals surface area contributed by atoms with Gasteiger partial charge in [-0.15, -0.1) is 24.8 Å². The molecular weight excluding hydrogens is 379 g/mol. The van der Waals surface area contributed by atoms with Gasteiger partial charge in [0.15, 0.2) is 0 Å². The van der Waals surface area contributed by atoms with E-state index in [1.807, 2.05) is 6.07 Å². The fourth-order valence-electron chi connectivity index (χ4n) is 3.25. The van der Waals surface area contributed by atoms with Gasteiger partial charge in [0.1, 0.15) is 0 Å². The standard InChI is InChI=1S/C21H24N4.2ClH/c1-21(2,3)22-13-14-24-19(16-9-5-4-6-10-16)15-25-18-12-8-7-11-17(18)23-20(24)25;;/h4-12,15,22H,13-14H2,1-3H3;2*1H. The van der Waals surface area contributed by atoms with E-state index in [0.29, 0.717) is 0 Å². The average molecular weight is 405 g/mol. The summed E-state index contributed by atoms with van der Waals surface area (Å²) in [7, 11) is 0. The highest BCUT2D eigenvalue weighted by atomic mass is 35.5. The van der Waals surface area contributed by atoms with Crippen LogP contribution < -0.4 is 5.32 Å². The van der Waals surface area contributed by atoms with Gasteiger partial charge in [-0.05, 0) is 38.5 Å². The third-order valence-electron chi connectivity index (χ3n) is 4.42. The van der Waals surface area contributed by atoms with Crippen LogP contribution in [-0.4, -0.2) is 26.0 Å². The zero-order valence-corrected chi connectivity index (χ0v) is 17.5. The molecule has 0 amide bonds. The molecule has 2 aromatic carbocycles. The van der Waals surface area contributed by atoms with Crippen LogP contribution in [0.1, 0.15) is 20.8 Å². The Morgan fingerprint density at radius 2 is 1.59 bits per heavy atom. The smallest absolute Gasteiger partial charge is 0.215 e. The highest BCUT2D eigenvalue weighted by molar-refractivity contribution is 5.85. The van der Waals surface area contributed by atoms with E-state index < -0.39 is 0 Å². The maximum atomic E-state index is 4.87. The number of rotatable bonds is 4. The molecule has 2 aromatic heterocycles. The summed E-state index contributed by atoms with van der Waals surface area (Å²) in [6.45, 7) is 8.36. The number of benzene rings is 2. The molecule has 0 bridgehead atoms. The van der Waals surface area contributed by atoms with Crippen molar-refractivity contribution in [2.24, 2.45) is 0 Å². The number of fused-ring (bicyclic) bond motifs is 3. The normalized spacial score (nSPS) is 11.4. The number of hydrogen-bond acceptors (Lipinski definition) is 2. The summed E-state index contributed by atoms with van der Waals surface area (Å²) in [5, 5.41) is 3.58. The first-order valence-corrected chi connectivity index (χ1v) is 8.80. The topological polar surface area (TPSA) is 34.3 Å². The molecule has 4 rings (SSSR count). The minimum Gasteiger partial charge on any atom is -0.310 e. The second-order valence-corrected chi connectivity index (χ2v) is 7.48. The Morgan fingerprint density at radius 1 is 0.926 bits per heavy atom. The summed E-state index contributed by atoms with van der Waals surface area (Å²) in [6, 6.07) is 18.8. The maximum absolute atomic E-state index is 4.87. The van der Waals surface area contributed by atoms with E-state index in [0.717, 1.165) is 29.9 Å². The molecule has 4 nitrogen and oxygen atoms in total. The highest BCUT2D eigenvalue weighted by Gasteiger charge is 2.16. The predicted octanol–water partition coefficient (Wildman–Crippen LogP) is 5.19. The van der Waals surface area contributed by atoms with Crippen molar-refractivity contribution in [2.45, 2.75) is 32.9 Å². The van der Waals surface area contributed by atoms with Crippen LogP contribution in [0.25, 0.3) is 28.1 Å². The van der Waals surface area contributed by atoms with E-state index in [2.05, 4.69) is 89.8 Å². The zero-order valence-electron chi connectivity index (χ0n) is 15.8. The molecule has 0 fully saturated rings. The molecule has 0 saturated heterocycles. The fourth-order valence-corrected chi connectivity index (χ4v) is 3.25. The summed E-state index contributed by atoms with van der Waals surface area (Å²) in [6.07, 6.45) is 2.21. The van der Waals surface area contributed by atoms with Gasteiger partial charge < -0.3 is 9.88 Å². The summed E-state index contributed by atoms with van der Waals surface area (Å²) in [5.74, 6) is 0.996. The molecule has 0 saturated carbocycles. The third-order valence-corrected chi connectivity index (χ3v) is 4.42. The monoisotopic (exact) mass is 404 g/mol. The van der Waals surface area contributed by atoms with E-state index in [-0.39, 0.29) is 30.4 Å². The van der Waals surface area contributed by atoms with Crippen molar-refractivity contribution in [2.75, 3.05) is 6.54 Å². The molecule has 0 aliphatic heterocycles. The van der Waals surface area contributed by atoms with Gasteiger partial charge in [-0.2, -0.15) is 0 Å². The van der Waals surface area contributed by atoms with Gasteiger partial charge in [0, 0.05) is 24.8 Å². The molecule has 144 valence electrons. The quantitative estimate of drug-likeness (QED) is 0.507. The number of imidazole rings is 2. The first-order chi connectivity index (χ1) is 12.0. The van der Waals surface area contributed by atoms with Crippen molar-refractivity contribution < 1.29 is 0 Å². The lowest BCUT2D eigenvalue weighted by molar-refractivity contribution is 0.414. The molecule has 0 radical (unpaired) electrons. The van der Waals surface area contributed by atoms with Gasteiger partial charge in [-0.25, -0.2) is 4.98 Å². The SMILES string of the molecule is CC(C)(C)NCCn1c(-c2ccccc2)cn2c3ccccc3nc12.Cl.Cl. The van der Waals surface area contributed by atoms with Gasteiger partial charge in [0.05, 0.1) is 16.7 Å². The zero-order chi connectivity index (χ0) is 17.4.